The van der Waals surface area contributed by atoms with Crippen LogP contribution in [-0.4, -0.2) is 42.4 Å². The molecule has 0 unspecified atom stereocenters. The molecule has 5 nitrogen and oxygen atoms in total. The first-order chi connectivity index (χ1) is 13.2. The Labute approximate surface area is 167 Å². The van der Waals surface area contributed by atoms with Gasteiger partial charge in [0.15, 0.2) is 0 Å². The van der Waals surface area contributed by atoms with Gasteiger partial charge in [0, 0.05) is 19.5 Å². The Morgan fingerprint density at radius 1 is 0.778 bits per heavy atom. The summed E-state index contributed by atoms with van der Waals surface area (Å²) < 4.78 is 0. The van der Waals surface area contributed by atoms with Gasteiger partial charge in [-0.3, -0.25) is 4.79 Å². The van der Waals surface area contributed by atoms with Crippen molar-refractivity contribution in [1.29, 1.82) is 0 Å². The second-order valence-corrected chi connectivity index (χ2v) is 7.00. The molecule has 0 spiro atoms. The molecule has 0 aromatic heterocycles. The highest BCUT2D eigenvalue weighted by atomic mass is 16.3. The maximum atomic E-state index is 10.5. The lowest BCUT2D eigenvalue weighted by Crippen LogP contribution is -2.21. The van der Waals surface area contributed by atoms with Gasteiger partial charge in [0.2, 0.25) is 5.91 Å². The number of carbonyl (C=O) groups excluding carboxylic acids is 1. The van der Waals surface area contributed by atoms with E-state index in [9.17, 15) is 4.79 Å². The van der Waals surface area contributed by atoms with Crippen LogP contribution in [0.1, 0.15) is 96.8 Å². The van der Waals surface area contributed by atoms with E-state index >= 15 is 0 Å². The third-order valence-corrected chi connectivity index (χ3v) is 4.26. The van der Waals surface area contributed by atoms with E-state index in [1.165, 1.54) is 70.6 Å². The van der Waals surface area contributed by atoms with Crippen molar-refractivity contribution in [2.24, 2.45) is 5.73 Å². The lowest BCUT2D eigenvalue weighted by atomic mass is 10.1. The van der Waals surface area contributed by atoms with E-state index < -0.39 is 0 Å². The molecule has 0 saturated heterocycles. The van der Waals surface area contributed by atoms with Gasteiger partial charge >= 0.3 is 0 Å². The van der Waals surface area contributed by atoms with Gasteiger partial charge in [-0.1, -0.05) is 70.4 Å². The summed E-state index contributed by atoms with van der Waals surface area (Å²) in [5, 5.41) is 19.1. The highest BCUT2D eigenvalue weighted by Crippen LogP contribution is 2.09. The number of amides is 1. The van der Waals surface area contributed by atoms with E-state index in [0.717, 1.165) is 12.8 Å². The van der Waals surface area contributed by atoms with Crippen LogP contribution in [-0.2, 0) is 4.79 Å². The van der Waals surface area contributed by atoms with Gasteiger partial charge in [0.25, 0.3) is 0 Å². The lowest BCUT2D eigenvalue weighted by molar-refractivity contribution is -0.118. The van der Waals surface area contributed by atoms with Crippen LogP contribution in [0.3, 0.4) is 0 Å². The molecular weight excluding hydrogens is 340 g/mol. The molecule has 0 heterocycles. The Morgan fingerprint density at radius 3 is 1.67 bits per heavy atom. The van der Waals surface area contributed by atoms with E-state index in [-0.39, 0.29) is 19.1 Å². The topological polar surface area (TPSA) is 95.6 Å². The second-order valence-electron chi connectivity index (χ2n) is 7.00. The number of allylic oxidation sites excluding steroid dienone is 2. The van der Waals surface area contributed by atoms with Gasteiger partial charge in [-0.2, -0.15) is 0 Å². The zero-order valence-corrected chi connectivity index (χ0v) is 17.8. The number of hydrogen-bond donors (Lipinski definition) is 4. The monoisotopic (exact) mass is 386 g/mol. The van der Waals surface area contributed by atoms with Crippen molar-refractivity contribution < 1.29 is 15.0 Å². The third-order valence-electron chi connectivity index (χ3n) is 4.26. The van der Waals surface area contributed by atoms with E-state index in [1.54, 1.807) is 0 Å². The summed E-state index contributed by atoms with van der Waals surface area (Å²) in [5.41, 5.74) is 5.10. The normalized spacial score (nSPS) is 10.8. The third kappa shape index (κ3) is 33.1. The van der Waals surface area contributed by atoms with Crippen molar-refractivity contribution in [1.82, 2.24) is 5.32 Å². The number of hydrogen-bond acceptors (Lipinski definition) is 4. The van der Waals surface area contributed by atoms with Gasteiger partial charge in [0.1, 0.15) is 0 Å². The molecule has 0 atom stereocenters. The number of rotatable bonds is 19. The molecule has 1 amide bonds. The van der Waals surface area contributed by atoms with Crippen molar-refractivity contribution in [3.63, 3.8) is 0 Å². The number of carbonyl (C=O) groups is 1. The fourth-order valence-corrected chi connectivity index (χ4v) is 2.65. The summed E-state index contributed by atoms with van der Waals surface area (Å²) >= 11 is 0. The Kier molecular flexibility index (Phi) is 28.6. The number of aliphatic hydroxyl groups is 2. The molecule has 0 aliphatic rings. The fourth-order valence-electron chi connectivity index (χ4n) is 2.65. The van der Waals surface area contributed by atoms with Gasteiger partial charge in [-0.05, 0) is 32.1 Å². The Bertz CT molecular complexity index is 306. The SMILES string of the molecule is CCCCCCCC/C=C\CCCCCCCC(N)=O.OCCNCCO. The summed E-state index contributed by atoms with van der Waals surface area (Å²) in [6.07, 6.45) is 21.9. The highest BCUT2D eigenvalue weighted by Gasteiger charge is 1.94. The van der Waals surface area contributed by atoms with Crippen LogP contribution in [0.4, 0.5) is 0 Å². The molecule has 0 aliphatic heterocycles. The summed E-state index contributed by atoms with van der Waals surface area (Å²) in [6, 6.07) is 0. The zero-order valence-electron chi connectivity index (χ0n) is 17.8. The molecule has 0 aliphatic carbocycles. The summed E-state index contributed by atoms with van der Waals surface area (Å²) in [7, 11) is 0. The van der Waals surface area contributed by atoms with Crippen LogP contribution in [0.25, 0.3) is 0 Å². The molecular formula is C22H46N2O3. The standard InChI is InChI=1S/C18H35NO.C4H11NO2/c1-2-3-4-5-6-7-8-9-10-11-12-13-14-15-16-17-18(19)20;6-3-1-5-2-4-7/h9-10H,2-8,11-17H2,1H3,(H2,19,20);5-7H,1-4H2/b10-9-;. The molecule has 0 rings (SSSR count). The number of nitrogens with two attached hydrogens (primary N) is 1. The van der Waals surface area contributed by atoms with Crippen molar-refractivity contribution in [3.05, 3.63) is 12.2 Å². The summed E-state index contributed by atoms with van der Waals surface area (Å²) in [4.78, 5) is 10.5. The van der Waals surface area contributed by atoms with E-state index in [2.05, 4.69) is 24.4 Å². The molecule has 0 aromatic carbocycles. The average Bonchev–Trinajstić information content (AvgIpc) is 2.65. The molecule has 162 valence electrons. The number of primary amides is 1. The predicted molar refractivity (Wildman–Crippen MR) is 116 cm³/mol. The first-order valence-corrected chi connectivity index (χ1v) is 11.0. The fraction of sp³-hybridized carbons (Fsp3) is 0.864. The minimum Gasteiger partial charge on any atom is -0.395 e. The molecule has 0 radical (unpaired) electrons. The Balaban J connectivity index is 0. The largest absolute Gasteiger partial charge is 0.395 e. The van der Waals surface area contributed by atoms with Crippen LogP contribution in [0, 0.1) is 0 Å². The average molecular weight is 387 g/mol. The van der Waals surface area contributed by atoms with Crippen molar-refractivity contribution in [2.75, 3.05) is 26.3 Å². The van der Waals surface area contributed by atoms with Crippen molar-refractivity contribution in [3.8, 4) is 0 Å². The van der Waals surface area contributed by atoms with Crippen LogP contribution in [0.2, 0.25) is 0 Å². The van der Waals surface area contributed by atoms with Crippen LogP contribution in [0.15, 0.2) is 12.2 Å². The highest BCUT2D eigenvalue weighted by molar-refractivity contribution is 5.73. The molecule has 0 aromatic rings. The number of unbranched alkanes of at least 4 members (excludes halogenated alkanes) is 11. The minimum atomic E-state index is -0.164. The van der Waals surface area contributed by atoms with E-state index in [0.29, 0.717) is 19.5 Å². The Morgan fingerprint density at radius 2 is 1.22 bits per heavy atom. The maximum absolute atomic E-state index is 10.5. The van der Waals surface area contributed by atoms with Gasteiger partial charge < -0.3 is 21.3 Å². The predicted octanol–water partition coefficient (Wildman–Crippen LogP) is 4.07. The molecule has 0 bridgehead atoms. The van der Waals surface area contributed by atoms with Crippen molar-refractivity contribution >= 4 is 5.91 Å². The van der Waals surface area contributed by atoms with Crippen LogP contribution < -0.4 is 11.1 Å². The van der Waals surface area contributed by atoms with E-state index in [4.69, 9.17) is 15.9 Å². The van der Waals surface area contributed by atoms with Crippen LogP contribution >= 0.6 is 0 Å². The summed E-state index contributed by atoms with van der Waals surface area (Å²) in [6.45, 7) is 3.68. The zero-order chi connectivity index (χ0) is 20.4. The first-order valence-electron chi connectivity index (χ1n) is 11.0. The molecule has 0 fully saturated rings. The maximum Gasteiger partial charge on any atom is 0.217 e. The van der Waals surface area contributed by atoms with Crippen LogP contribution in [0.5, 0.6) is 0 Å². The van der Waals surface area contributed by atoms with Crippen molar-refractivity contribution in [2.45, 2.75) is 96.8 Å². The number of nitrogens with one attached hydrogen (secondary N) is 1. The minimum absolute atomic E-state index is 0.139. The Hall–Kier alpha value is -0.910. The quantitative estimate of drug-likeness (QED) is 0.199. The van der Waals surface area contributed by atoms with Gasteiger partial charge in [-0.15, -0.1) is 0 Å². The van der Waals surface area contributed by atoms with E-state index in [1.807, 2.05) is 0 Å². The molecule has 27 heavy (non-hydrogen) atoms. The number of aliphatic hydroxyl groups excluding tert-OH is 2. The van der Waals surface area contributed by atoms with Gasteiger partial charge in [0.05, 0.1) is 13.2 Å². The molecule has 5 N–H and O–H groups in total. The summed E-state index contributed by atoms with van der Waals surface area (Å²) in [5.74, 6) is -0.164. The van der Waals surface area contributed by atoms with Gasteiger partial charge in [-0.25, -0.2) is 0 Å². The molecule has 0 saturated carbocycles. The smallest absolute Gasteiger partial charge is 0.217 e. The lowest BCUT2D eigenvalue weighted by Gasteiger charge is -1.99. The molecule has 5 heteroatoms. The second kappa shape index (κ2) is 27.3. The first kappa shape index (κ1) is 28.3.